The molecular formula is C21H21NO. The molecule has 0 heterocycles. The fraction of sp³-hybridized carbons (Fsp3) is 0.190. The minimum Gasteiger partial charge on any atom is -0.326 e. The third-order valence-electron chi connectivity index (χ3n) is 4.14. The van der Waals surface area contributed by atoms with E-state index in [1.807, 2.05) is 30.3 Å². The zero-order valence-corrected chi connectivity index (χ0v) is 13.4. The molecule has 0 atom stereocenters. The monoisotopic (exact) mass is 303 g/mol. The first kappa shape index (κ1) is 15.3. The van der Waals surface area contributed by atoms with Crippen LogP contribution >= 0.6 is 0 Å². The number of amides is 1. The average molecular weight is 303 g/mol. The van der Waals surface area contributed by atoms with Crippen LogP contribution in [-0.4, -0.2) is 5.91 Å². The van der Waals surface area contributed by atoms with Crippen molar-refractivity contribution in [1.82, 2.24) is 0 Å². The van der Waals surface area contributed by atoms with E-state index in [2.05, 4.69) is 48.6 Å². The number of fused-ring (bicyclic) bond motifs is 1. The van der Waals surface area contributed by atoms with Crippen molar-refractivity contribution in [1.29, 1.82) is 0 Å². The van der Waals surface area contributed by atoms with Crippen molar-refractivity contribution in [2.45, 2.75) is 26.2 Å². The SMILES string of the molecule is CCc1ccc(CCC(=O)Nc2cccc3ccccc23)cc1. The van der Waals surface area contributed by atoms with Crippen LogP contribution in [0, 0.1) is 0 Å². The summed E-state index contributed by atoms with van der Waals surface area (Å²) in [7, 11) is 0. The van der Waals surface area contributed by atoms with Crippen LogP contribution < -0.4 is 5.32 Å². The Balaban J connectivity index is 1.64. The second kappa shape index (κ2) is 7.10. The molecule has 3 aromatic rings. The minimum absolute atomic E-state index is 0.0564. The van der Waals surface area contributed by atoms with Crippen LogP contribution in [0.15, 0.2) is 66.7 Å². The quantitative estimate of drug-likeness (QED) is 0.708. The van der Waals surface area contributed by atoms with Gasteiger partial charge in [0.05, 0.1) is 0 Å². The highest BCUT2D eigenvalue weighted by Gasteiger charge is 2.06. The standard InChI is InChI=1S/C21H21NO/c1-2-16-10-12-17(13-11-16)14-15-21(23)22-20-9-5-7-18-6-3-4-8-19(18)20/h3-13H,2,14-15H2,1H3,(H,22,23). The first-order valence-corrected chi connectivity index (χ1v) is 8.11. The van der Waals surface area contributed by atoms with E-state index in [-0.39, 0.29) is 5.91 Å². The maximum absolute atomic E-state index is 12.2. The van der Waals surface area contributed by atoms with E-state index < -0.39 is 0 Å². The molecule has 0 unspecified atom stereocenters. The van der Waals surface area contributed by atoms with Crippen LogP contribution in [0.5, 0.6) is 0 Å². The lowest BCUT2D eigenvalue weighted by molar-refractivity contribution is -0.116. The van der Waals surface area contributed by atoms with E-state index in [1.165, 1.54) is 11.1 Å². The summed E-state index contributed by atoms with van der Waals surface area (Å²) in [5.74, 6) is 0.0564. The third kappa shape index (κ3) is 3.78. The van der Waals surface area contributed by atoms with Gasteiger partial charge in [-0.05, 0) is 35.4 Å². The molecule has 0 fully saturated rings. The largest absolute Gasteiger partial charge is 0.326 e. The molecule has 0 radical (unpaired) electrons. The molecule has 0 aliphatic carbocycles. The van der Waals surface area contributed by atoms with Gasteiger partial charge in [-0.3, -0.25) is 4.79 Å². The molecule has 1 N–H and O–H groups in total. The Morgan fingerprint density at radius 2 is 1.57 bits per heavy atom. The molecule has 0 spiro atoms. The Morgan fingerprint density at radius 1 is 0.870 bits per heavy atom. The van der Waals surface area contributed by atoms with Crippen molar-refractivity contribution in [2.24, 2.45) is 0 Å². The van der Waals surface area contributed by atoms with Gasteiger partial charge in [0.15, 0.2) is 0 Å². The normalized spacial score (nSPS) is 10.7. The molecular weight excluding hydrogens is 282 g/mol. The molecule has 0 aliphatic rings. The number of carbonyl (C=O) groups excluding carboxylic acids is 1. The number of hydrogen-bond acceptors (Lipinski definition) is 1. The number of rotatable bonds is 5. The van der Waals surface area contributed by atoms with Crippen molar-refractivity contribution in [3.05, 3.63) is 77.9 Å². The molecule has 23 heavy (non-hydrogen) atoms. The van der Waals surface area contributed by atoms with Crippen molar-refractivity contribution in [3.8, 4) is 0 Å². The van der Waals surface area contributed by atoms with Gasteiger partial charge in [0.1, 0.15) is 0 Å². The highest BCUT2D eigenvalue weighted by molar-refractivity contribution is 6.02. The van der Waals surface area contributed by atoms with Gasteiger partial charge in [-0.25, -0.2) is 0 Å². The van der Waals surface area contributed by atoms with Crippen LogP contribution in [0.1, 0.15) is 24.5 Å². The summed E-state index contributed by atoms with van der Waals surface area (Å²) in [6, 6.07) is 22.6. The Bertz CT molecular complexity index is 800. The lowest BCUT2D eigenvalue weighted by Crippen LogP contribution is -2.12. The molecule has 116 valence electrons. The molecule has 3 rings (SSSR count). The lowest BCUT2D eigenvalue weighted by atomic mass is 10.1. The van der Waals surface area contributed by atoms with E-state index in [4.69, 9.17) is 0 Å². The Hall–Kier alpha value is -2.61. The summed E-state index contributed by atoms with van der Waals surface area (Å²) < 4.78 is 0. The predicted molar refractivity (Wildman–Crippen MR) is 96.7 cm³/mol. The molecule has 0 aromatic heterocycles. The molecule has 0 saturated heterocycles. The smallest absolute Gasteiger partial charge is 0.224 e. The van der Waals surface area contributed by atoms with E-state index in [9.17, 15) is 4.79 Å². The van der Waals surface area contributed by atoms with Gasteiger partial charge in [0.2, 0.25) is 5.91 Å². The van der Waals surface area contributed by atoms with Gasteiger partial charge in [0, 0.05) is 17.5 Å². The van der Waals surface area contributed by atoms with Gasteiger partial charge in [-0.1, -0.05) is 67.6 Å². The highest BCUT2D eigenvalue weighted by Crippen LogP contribution is 2.23. The molecule has 0 bridgehead atoms. The number of carbonyl (C=O) groups is 1. The molecule has 0 aliphatic heterocycles. The van der Waals surface area contributed by atoms with Crippen molar-refractivity contribution in [3.63, 3.8) is 0 Å². The summed E-state index contributed by atoms with van der Waals surface area (Å²) >= 11 is 0. The Labute approximate surface area is 137 Å². The maximum atomic E-state index is 12.2. The van der Waals surface area contributed by atoms with Crippen molar-refractivity contribution < 1.29 is 4.79 Å². The van der Waals surface area contributed by atoms with Crippen molar-refractivity contribution >= 4 is 22.4 Å². The van der Waals surface area contributed by atoms with Crippen LogP contribution in [-0.2, 0) is 17.6 Å². The van der Waals surface area contributed by atoms with Crippen LogP contribution in [0.2, 0.25) is 0 Å². The first-order chi connectivity index (χ1) is 11.3. The number of hydrogen-bond donors (Lipinski definition) is 1. The van der Waals surface area contributed by atoms with Gasteiger partial charge in [-0.2, -0.15) is 0 Å². The molecule has 3 aromatic carbocycles. The fourth-order valence-corrected chi connectivity index (χ4v) is 2.75. The zero-order valence-electron chi connectivity index (χ0n) is 13.4. The summed E-state index contributed by atoms with van der Waals surface area (Å²) in [5.41, 5.74) is 3.42. The van der Waals surface area contributed by atoms with E-state index in [1.54, 1.807) is 0 Å². The van der Waals surface area contributed by atoms with Gasteiger partial charge in [0.25, 0.3) is 0 Å². The van der Waals surface area contributed by atoms with Gasteiger partial charge < -0.3 is 5.32 Å². The third-order valence-corrected chi connectivity index (χ3v) is 4.14. The maximum Gasteiger partial charge on any atom is 0.224 e. The van der Waals surface area contributed by atoms with Gasteiger partial charge in [-0.15, -0.1) is 0 Å². The number of benzene rings is 3. The van der Waals surface area contributed by atoms with Crippen LogP contribution in [0.3, 0.4) is 0 Å². The molecule has 0 saturated carbocycles. The number of aryl methyl sites for hydroxylation is 2. The molecule has 2 nitrogen and oxygen atoms in total. The van der Waals surface area contributed by atoms with E-state index >= 15 is 0 Å². The second-order valence-corrected chi connectivity index (χ2v) is 5.74. The van der Waals surface area contributed by atoms with E-state index in [0.29, 0.717) is 6.42 Å². The summed E-state index contributed by atoms with van der Waals surface area (Å²) in [6.07, 6.45) is 2.30. The molecule has 2 heteroatoms. The van der Waals surface area contributed by atoms with Crippen molar-refractivity contribution in [2.75, 3.05) is 5.32 Å². The average Bonchev–Trinajstić information content (AvgIpc) is 2.61. The Morgan fingerprint density at radius 3 is 2.35 bits per heavy atom. The second-order valence-electron chi connectivity index (χ2n) is 5.74. The zero-order chi connectivity index (χ0) is 16.1. The number of anilines is 1. The summed E-state index contributed by atoms with van der Waals surface area (Å²) in [5, 5.41) is 5.26. The first-order valence-electron chi connectivity index (χ1n) is 8.11. The van der Waals surface area contributed by atoms with Gasteiger partial charge >= 0.3 is 0 Å². The highest BCUT2D eigenvalue weighted by atomic mass is 16.1. The number of nitrogens with one attached hydrogen (secondary N) is 1. The lowest BCUT2D eigenvalue weighted by Gasteiger charge is -2.09. The summed E-state index contributed by atoms with van der Waals surface area (Å²) in [4.78, 5) is 12.2. The topological polar surface area (TPSA) is 29.1 Å². The Kier molecular flexibility index (Phi) is 4.72. The van der Waals surface area contributed by atoms with E-state index in [0.717, 1.165) is 29.3 Å². The fourth-order valence-electron chi connectivity index (χ4n) is 2.75. The van der Waals surface area contributed by atoms with Crippen LogP contribution in [0.4, 0.5) is 5.69 Å². The molecule has 1 amide bonds. The minimum atomic E-state index is 0.0564. The summed E-state index contributed by atoms with van der Waals surface area (Å²) in [6.45, 7) is 2.15. The predicted octanol–water partition coefficient (Wildman–Crippen LogP) is 4.97. The van der Waals surface area contributed by atoms with Crippen LogP contribution in [0.25, 0.3) is 10.8 Å².